The molecule has 1 aliphatic carbocycles. The van der Waals surface area contributed by atoms with E-state index in [0.29, 0.717) is 0 Å². The summed E-state index contributed by atoms with van der Waals surface area (Å²) in [6.45, 7) is 0. The molecule has 0 saturated heterocycles. The second-order valence-electron chi connectivity index (χ2n) is 7.02. The highest BCUT2D eigenvalue weighted by atomic mass is 16.3. The van der Waals surface area contributed by atoms with Crippen LogP contribution in [0.3, 0.4) is 0 Å². The molecule has 0 aliphatic heterocycles. The van der Waals surface area contributed by atoms with Gasteiger partial charge in [0.05, 0.1) is 0 Å². The van der Waals surface area contributed by atoms with Crippen LogP contribution in [-0.2, 0) is 0 Å². The van der Waals surface area contributed by atoms with Crippen molar-refractivity contribution in [2.24, 2.45) is 0 Å². The lowest BCUT2D eigenvalue weighted by atomic mass is 9.95. The fourth-order valence-corrected chi connectivity index (χ4v) is 3.55. The second kappa shape index (κ2) is 11.5. The van der Waals surface area contributed by atoms with Crippen molar-refractivity contribution < 1.29 is 5.11 Å². The van der Waals surface area contributed by atoms with E-state index in [-0.39, 0.29) is 0 Å². The van der Waals surface area contributed by atoms with E-state index in [1.165, 1.54) is 76.2 Å². The third kappa shape index (κ3) is 7.35. The van der Waals surface area contributed by atoms with E-state index in [1.54, 1.807) is 0 Å². The van der Waals surface area contributed by atoms with E-state index in [2.05, 4.69) is 6.08 Å². The van der Waals surface area contributed by atoms with Crippen LogP contribution < -0.4 is 0 Å². The van der Waals surface area contributed by atoms with Crippen molar-refractivity contribution in [2.45, 2.75) is 89.6 Å². The molecule has 23 heavy (non-hydrogen) atoms. The van der Waals surface area contributed by atoms with Crippen LogP contribution in [0.1, 0.15) is 95.1 Å². The molecule has 0 radical (unpaired) electrons. The summed E-state index contributed by atoms with van der Waals surface area (Å²) in [5.74, 6) is 0. The largest absolute Gasteiger partial charge is 0.384 e. The Bertz CT molecular complexity index is 435. The highest BCUT2D eigenvalue weighted by Gasteiger charge is 2.12. The highest BCUT2D eigenvalue weighted by molar-refractivity contribution is 5.25. The molecule has 0 amide bonds. The first-order valence-corrected chi connectivity index (χ1v) is 9.80. The lowest BCUT2D eigenvalue weighted by molar-refractivity contribution is 0.210. The molecule has 1 atom stereocenters. The predicted molar refractivity (Wildman–Crippen MR) is 99.5 cm³/mol. The number of benzene rings is 1. The Morgan fingerprint density at radius 1 is 0.652 bits per heavy atom. The number of rotatable bonds is 2. The minimum atomic E-state index is -0.410. The van der Waals surface area contributed by atoms with Gasteiger partial charge in [0.1, 0.15) is 6.10 Å². The monoisotopic (exact) mass is 314 g/mol. The zero-order valence-electron chi connectivity index (χ0n) is 14.7. The second-order valence-corrected chi connectivity index (χ2v) is 7.02. The van der Waals surface area contributed by atoms with Gasteiger partial charge in [0.25, 0.3) is 0 Å². The average Bonchev–Trinajstić information content (AvgIpc) is 2.60. The maximum absolute atomic E-state index is 10.7. The molecule has 2 rings (SSSR count). The predicted octanol–water partition coefficient (Wildman–Crippen LogP) is 6.73. The third-order valence-electron chi connectivity index (χ3n) is 5.04. The van der Waals surface area contributed by atoms with Gasteiger partial charge in [0.15, 0.2) is 0 Å². The van der Waals surface area contributed by atoms with Gasteiger partial charge < -0.3 is 5.11 Å². The fourth-order valence-electron chi connectivity index (χ4n) is 3.55. The number of allylic oxidation sites excluding steroid dienone is 1. The van der Waals surface area contributed by atoms with E-state index in [9.17, 15) is 5.11 Å². The van der Waals surface area contributed by atoms with E-state index in [4.69, 9.17) is 0 Å². The van der Waals surface area contributed by atoms with Crippen molar-refractivity contribution in [3.63, 3.8) is 0 Å². The highest BCUT2D eigenvalue weighted by Crippen LogP contribution is 2.27. The Balaban J connectivity index is 1.93. The summed E-state index contributed by atoms with van der Waals surface area (Å²) in [6, 6.07) is 10.1. The quantitative estimate of drug-likeness (QED) is 0.600. The van der Waals surface area contributed by atoms with Gasteiger partial charge in [0, 0.05) is 0 Å². The molecule has 1 N–H and O–H groups in total. The van der Waals surface area contributed by atoms with Gasteiger partial charge in [-0.2, -0.15) is 0 Å². The molecule has 1 aromatic rings. The van der Waals surface area contributed by atoms with E-state index in [0.717, 1.165) is 18.4 Å². The molecule has 1 aromatic carbocycles. The minimum absolute atomic E-state index is 0.410. The number of aliphatic hydroxyl groups is 1. The summed E-state index contributed by atoms with van der Waals surface area (Å²) >= 11 is 0. The molecule has 0 saturated carbocycles. The average molecular weight is 315 g/mol. The zero-order valence-corrected chi connectivity index (χ0v) is 14.7. The summed E-state index contributed by atoms with van der Waals surface area (Å²) in [6.07, 6.45) is 19.0. The molecule has 0 bridgehead atoms. The molecule has 1 nitrogen and oxygen atoms in total. The van der Waals surface area contributed by atoms with Gasteiger partial charge in [-0.3, -0.25) is 0 Å². The van der Waals surface area contributed by atoms with E-state index < -0.39 is 6.10 Å². The molecule has 0 spiro atoms. The molecule has 1 aliphatic rings. The molecule has 0 heterocycles. The number of hydrogen-bond donors (Lipinski definition) is 1. The van der Waals surface area contributed by atoms with Crippen molar-refractivity contribution in [2.75, 3.05) is 0 Å². The smallest absolute Gasteiger partial charge is 0.100 e. The van der Waals surface area contributed by atoms with Crippen molar-refractivity contribution in [3.05, 3.63) is 47.5 Å². The van der Waals surface area contributed by atoms with Gasteiger partial charge >= 0.3 is 0 Å². The van der Waals surface area contributed by atoms with Crippen molar-refractivity contribution in [3.8, 4) is 0 Å². The van der Waals surface area contributed by atoms with Gasteiger partial charge in [-0.1, -0.05) is 94.2 Å². The Labute approximate surface area is 142 Å². The summed E-state index contributed by atoms with van der Waals surface area (Å²) < 4.78 is 0. The zero-order chi connectivity index (χ0) is 16.2. The molecular formula is C22H34O. The summed E-state index contributed by atoms with van der Waals surface area (Å²) in [5, 5.41) is 10.7. The van der Waals surface area contributed by atoms with Crippen molar-refractivity contribution >= 4 is 0 Å². The number of aliphatic hydroxyl groups excluding tert-OH is 1. The maximum Gasteiger partial charge on any atom is 0.100 e. The molecule has 0 aromatic heterocycles. The normalized spacial score (nSPS) is 23.1. The van der Waals surface area contributed by atoms with Gasteiger partial charge in [0.2, 0.25) is 0 Å². The van der Waals surface area contributed by atoms with Crippen LogP contribution in [-0.4, -0.2) is 5.11 Å². The minimum Gasteiger partial charge on any atom is -0.384 e. The summed E-state index contributed by atoms with van der Waals surface area (Å²) in [4.78, 5) is 0. The van der Waals surface area contributed by atoms with Gasteiger partial charge in [-0.25, -0.2) is 0 Å². The molecule has 1 heteroatoms. The Kier molecular flexibility index (Phi) is 9.09. The van der Waals surface area contributed by atoms with E-state index >= 15 is 0 Å². The van der Waals surface area contributed by atoms with Gasteiger partial charge in [-0.15, -0.1) is 0 Å². The Morgan fingerprint density at radius 3 is 1.78 bits per heavy atom. The SMILES string of the molecule is OC(/C1=C/CCCCCCCCCCCCC1)c1ccccc1. The van der Waals surface area contributed by atoms with Crippen LogP contribution in [0.5, 0.6) is 0 Å². The maximum atomic E-state index is 10.7. The topological polar surface area (TPSA) is 20.2 Å². The number of hydrogen-bond acceptors (Lipinski definition) is 1. The first kappa shape index (κ1) is 18.3. The van der Waals surface area contributed by atoms with Crippen LogP contribution in [0.25, 0.3) is 0 Å². The standard InChI is InChI=1S/C22H34O/c23-22(21-18-14-11-15-19-21)20-16-12-9-7-5-3-1-2-4-6-8-10-13-17-20/h11,14-16,18-19,22-23H,1-10,12-13,17H2/b20-16+. The third-order valence-corrected chi connectivity index (χ3v) is 5.04. The summed E-state index contributed by atoms with van der Waals surface area (Å²) in [7, 11) is 0. The van der Waals surface area contributed by atoms with Crippen LogP contribution in [0.15, 0.2) is 42.0 Å². The first-order chi connectivity index (χ1) is 11.4. The Hall–Kier alpha value is -1.08. The fraction of sp³-hybridized carbons (Fsp3) is 0.636. The van der Waals surface area contributed by atoms with Crippen LogP contribution >= 0.6 is 0 Å². The summed E-state index contributed by atoms with van der Waals surface area (Å²) in [5.41, 5.74) is 2.28. The molecular weight excluding hydrogens is 280 g/mol. The molecule has 0 fully saturated rings. The Morgan fingerprint density at radius 2 is 1.17 bits per heavy atom. The first-order valence-electron chi connectivity index (χ1n) is 9.80. The van der Waals surface area contributed by atoms with E-state index in [1.807, 2.05) is 30.3 Å². The lowest BCUT2D eigenvalue weighted by Crippen LogP contribution is -2.02. The van der Waals surface area contributed by atoms with Crippen molar-refractivity contribution in [1.29, 1.82) is 0 Å². The lowest BCUT2D eigenvalue weighted by Gasteiger charge is -2.16. The van der Waals surface area contributed by atoms with Gasteiger partial charge in [-0.05, 0) is 36.8 Å². The molecule has 1 unspecified atom stereocenters. The molecule has 128 valence electrons. The van der Waals surface area contributed by atoms with Crippen molar-refractivity contribution in [1.82, 2.24) is 0 Å². The van der Waals surface area contributed by atoms with Crippen LogP contribution in [0.4, 0.5) is 0 Å². The van der Waals surface area contributed by atoms with Crippen LogP contribution in [0.2, 0.25) is 0 Å². The van der Waals surface area contributed by atoms with Crippen LogP contribution in [0, 0.1) is 0 Å².